The maximum atomic E-state index is 13.4. The Kier molecular flexibility index (Phi) is 5.82. The van der Waals surface area contributed by atoms with E-state index in [1.54, 1.807) is 16.8 Å². The van der Waals surface area contributed by atoms with Crippen molar-refractivity contribution in [3.63, 3.8) is 0 Å². The number of nitrogens with zero attached hydrogens (tertiary/aromatic N) is 5. The van der Waals surface area contributed by atoms with Crippen LogP contribution in [0.25, 0.3) is 0 Å². The highest BCUT2D eigenvalue weighted by Crippen LogP contribution is 2.56. The summed E-state index contributed by atoms with van der Waals surface area (Å²) in [5, 5.41) is 14.5. The molecule has 2 aliphatic heterocycles. The summed E-state index contributed by atoms with van der Waals surface area (Å²) in [5.74, 6) is 0.770. The van der Waals surface area contributed by atoms with Crippen molar-refractivity contribution in [2.45, 2.75) is 45.6 Å². The van der Waals surface area contributed by atoms with Gasteiger partial charge in [-0.25, -0.2) is 13.7 Å². The molecule has 0 saturated carbocycles. The predicted molar refractivity (Wildman–Crippen MR) is 115 cm³/mol. The molecule has 4 rings (SSSR count). The van der Waals surface area contributed by atoms with E-state index in [1.165, 1.54) is 25.0 Å². The van der Waals surface area contributed by atoms with Crippen molar-refractivity contribution in [3.8, 4) is 6.07 Å². The number of nitriles is 1. The molecule has 0 amide bonds. The summed E-state index contributed by atoms with van der Waals surface area (Å²) in [7, 11) is 0. The van der Waals surface area contributed by atoms with Crippen LogP contribution in [0.4, 0.5) is 10.2 Å². The van der Waals surface area contributed by atoms with E-state index in [9.17, 15) is 4.39 Å². The second kappa shape index (κ2) is 8.35. The van der Waals surface area contributed by atoms with Crippen molar-refractivity contribution in [1.29, 1.82) is 5.26 Å². The van der Waals surface area contributed by atoms with Crippen molar-refractivity contribution in [3.05, 3.63) is 41.3 Å². The largest absolute Gasteiger partial charge is 0.431 e. The molecule has 0 radical (unpaired) electrons. The first kappa shape index (κ1) is 20.2. The van der Waals surface area contributed by atoms with Gasteiger partial charge in [-0.05, 0) is 55.8 Å². The van der Waals surface area contributed by atoms with Gasteiger partial charge in [0, 0.05) is 18.7 Å². The van der Waals surface area contributed by atoms with E-state index in [1.807, 2.05) is 6.92 Å². The van der Waals surface area contributed by atoms with Crippen LogP contribution in [0.5, 0.6) is 0 Å². The molecule has 0 N–H and O–H groups in total. The van der Waals surface area contributed by atoms with Gasteiger partial charge < -0.3 is 4.52 Å². The number of rotatable bonds is 4. The first-order chi connectivity index (χ1) is 14.0. The van der Waals surface area contributed by atoms with Gasteiger partial charge in [0.25, 0.3) is 0 Å². The molecule has 29 heavy (non-hydrogen) atoms. The molecule has 1 fully saturated rings. The molecular formula is C20H23FN5OPS. The predicted octanol–water partition coefficient (Wildman–Crippen LogP) is 4.16. The van der Waals surface area contributed by atoms with Crippen LogP contribution in [-0.4, -0.2) is 33.4 Å². The summed E-state index contributed by atoms with van der Waals surface area (Å²) < 4.78 is 24.0. The fourth-order valence-electron chi connectivity index (χ4n) is 3.82. The van der Waals surface area contributed by atoms with Crippen molar-refractivity contribution in [2.75, 3.05) is 13.1 Å². The van der Waals surface area contributed by atoms with E-state index in [0.29, 0.717) is 30.2 Å². The lowest BCUT2D eigenvalue weighted by Crippen LogP contribution is -2.32. The number of aliphatic imine (C=N–C) groups is 1. The molecule has 1 aromatic heterocycles. The van der Waals surface area contributed by atoms with Gasteiger partial charge in [-0.15, -0.1) is 0 Å². The number of fused-ring (bicyclic) bond motifs is 1. The lowest BCUT2D eigenvalue weighted by molar-refractivity contribution is 0.424. The zero-order valence-electron chi connectivity index (χ0n) is 16.3. The van der Waals surface area contributed by atoms with E-state index < -0.39 is 6.42 Å². The molecule has 0 aliphatic carbocycles. The topological polar surface area (TPSA) is 66.4 Å². The third-order valence-electron chi connectivity index (χ3n) is 5.25. The van der Waals surface area contributed by atoms with Gasteiger partial charge in [-0.3, -0.25) is 0 Å². The Labute approximate surface area is 175 Å². The highest BCUT2D eigenvalue weighted by Gasteiger charge is 2.41. The number of aryl methyl sites for hydroxylation is 2. The van der Waals surface area contributed by atoms with Gasteiger partial charge in [0.2, 0.25) is 12.3 Å². The summed E-state index contributed by atoms with van der Waals surface area (Å²) in [6.07, 6.45) is 2.28. The van der Waals surface area contributed by atoms with Crippen LogP contribution < -0.4 is 5.30 Å². The molecule has 0 spiro atoms. The molecule has 152 valence electrons. The molecule has 2 aliphatic rings. The molecule has 1 unspecified atom stereocenters. The van der Waals surface area contributed by atoms with E-state index in [0.717, 1.165) is 36.9 Å². The number of benzene rings is 1. The summed E-state index contributed by atoms with van der Waals surface area (Å²) in [6.45, 7) is 4.15. The maximum absolute atomic E-state index is 13.4. The van der Waals surface area contributed by atoms with E-state index >= 15 is 0 Å². The molecule has 1 saturated heterocycles. The summed E-state index contributed by atoms with van der Waals surface area (Å²) in [5.41, 5.74) is 1.50. The zero-order chi connectivity index (χ0) is 20.4. The average Bonchev–Trinajstić information content (AvgIpc) is 2.89. The van der Waals surface area contributed by atoms with Crippen molar-refractivity contribution >= 4 is 35.2 Å². The Balaban J connectivity index is 1.85. The quantitative estimate of drug-likeness (QED) is 0.680. The lowest BCUT2D eigenvalue weighted by atomic mass is 10.2. The normalized spacial score (nSPS) is 22.2. The molecule has 1 atom stereocenters. The second-order valence-electron chi connectivity index (χ2n) is 7.29. The lowest BCUT2D eigenvalue weighted by Gasteiger charge is -2.36. The van der Waals surface area contributed by atoms with Crippen LogP contribution in [-0.2, 0) is 22.9 Å². The van der Waals surface area contributed by atoms with E-state index in [4.69, 9.17) is 26.6 Å². The summed E-state index contributed by atoms with van der Waals surface area (Å²) >= 11 is 6.25. The van der Waals surface area contributed by atoms with Crippen LogP contribution in [0.3, 0.4) is 0 Å². The molecule has 1 aromatic carbocycles. The molecule has 9 heteroatoms. The van der Waals surface area contributed by atoms with E-state index in [-0.39, 0.29) is 5.82 Å². The van der Waals surface area contributed by atoms with E-state index in [2.05, 4.69) is 15.8 Å². The first-order valence-corrected chi connectivity index (χ1v) is 12.5. The zero-order valence-corrected chi connectivity index (χ0v) is 18.1. The molecule has 6 nitrogen and oxygen atoms in total. The molecule has 0 bridgehead atoms. The standard InChI is InChI=1S/C20H23FN5OPS/c1-15-18-19(26(24-15)14-6-11-22)23-20(16-7-9-17(21)10-8-16)27-28(18,29)25-12-4-2-3-5-13-25/h7-10H,2-6,12-14H2,1H3. The van der Waals surface area contributed by atoms with Gasteiger partial charge in [-0.1, -0.05) is 12.8 Å². The van der Waals surface area contributed by atoms with Crippen LogP contribution >= 0.6 is 6.42 Å². The molecule has 2 aromatic rings. The van der Waals surface area contributed by atoms with Crippen molar-refractivity contribution < 1.29 is 8.91 Å². The SMILES string of the molecule is Cc1nn(CCC#N)c2c1P(=S)(N1CCCCCC1)OC(c1ccc(F)cc1)=N2. The van der Waals surface area contributed by atoms with Crippen LogP contribution in [0, 0.1) is 24.1 Å². The Morgan fingerprint density at radius 2 is 1.90 bits per heavy atom. The van der Waals surface area contributed by atoms with Crippen molar-refractivity contribution in [1.82, 2.24) is 14.5 Å². The minimum Gasteiger partial charge on any atom is -0.431 e. The maximum Gasteiger partial charge on any atom is 0.227 e. The van der Waals surface area contributed by atoms with Gasteiger partial charge in [0.05, 0.1) is 24.7 Å². The third-order valence-corrected chi connectivity index (χ3v) is 9.37. The van der Waals surface area contributed by atoms with Crippen LogP contribution in [0.1, 0.15) is 43.4 Å². The smallest absolute Gasteiger partial charge is 0.227 e. The monoisotopic (exact) mass is 431 g/mol. The highest BCUT2D eigenvalue weighted by molar-refractivity contribution is 8.15. The minimum absolute atomic E-state index is 0.312. The summed E-state index contributed by atoms with van der Waals surface area (Å²) in [4.78, 5) is 4.73. The average molecular weight is 431 g/mol. The van der Waals surface area contributed by atoms with Crippen LogP contribution in [0.2, 0.25) is 0 Å². The molecular weight excluding hydrogens is 408 g/mol. The van der Waals surface area contributed by atoms with Crippen molar-refractivity contribution in [2.24, 2.45) is 4.99 Å². The van der Waals surface area contributed by atoms with Gasteiger partial charge >= 0.3 is 0 Å². The second-order valence-corrected chi connectivity index (χ2v) is 11.0. The van der Waals surface area contributed by atoms with Gasteiger partial charge in [0.15, 0.2) is 5.82 Å². The third kappa shape index (κ3) is 3.87. The number of hydrogen-bond acceptors (Lipinski definition) is 5. The fourth-order valence-corrected chi connectivity index (χ4v) is 7.71. The van der Waals surface area contributed by atoms with Gasteiger partial charge in [-0.2, -0.15) is 15.4 Å². The Morgan fingerprint density at radius 1 is 1.21 bits per heavy atom. The summed E-state index contributed by atoms with van der Waals surface area (Å²) in [6, 6.07) is 8.26. The fraction of sp³-hybridized carbons (Fsp3) is 0.450. The number of halogens is 1. The molecule has 3 heterocycles. The number of hydrogen-bond donors (Lipinski definition) is 0. The Bertz CT molecular complexity index is 1020. The van der Waals surface area contributed by atoms with Gasteiger partial charge in [0.1, 0.15) is 11.1 Å². The first-order valence-electron chi connectivity index (χ1n) is 9.87. The number of aromatic nitrogens is 2. The Morgan fingerprint density at radius 3 is 2.55 bits per heavy atom. The highest BCUT2D eigenvalue weighted by atomic mass is 32.4. The minimum atomic E-state index is -2.61. The Hall–Kier alpha value is -2.07. The van der Waals surface area contributed by atoms with Crippen LogP contribution in [0.15, 0.2) is 29.3 Å².